The normalized spacial score (nSPS) is 10.9. The Hall–Kier alpha value is -1.36. The Kier molecular flexibility index (Phi) is 4.96. The van der Waals surface area contributed by atoms with Crippen molar-refractivity contribution in [1.29, 1.82) is 0 Å². The van der Waals surface area contributed by atoms with E-state index in [2.05, 4.69) is 36.2 Å². The van der Waals surface area contributed by atoms with Gasteiger partial charge in [-0.3, -0.25) is 4.90 Å². The molecule has 2 rings (SSSR count). The van der Waals surface area contributed by atoms with Crippen molar-refractivity contribution in [1.82, 2.24) is 4.90 Å². The van der Waals surface area contributed by atoms with Crippen molar-refractivity contribution in [3.8, 4) is 5.75 Å². The first kappa shape index (κ1) is 14.1. The van der Waals surface area contributed by atoms with Gasteiger partial charge in [0.05, 0.1) is 7.11 Å². The van der Waals surface area contributed by atoms with E-state index in [0.717, 1.165) is 18.8 Å². The van der Waals surface area contributed by atoms with Gasteiger partial charge in [0, 0.05) is 29.4 Å². The summed E-state index contributed by atoms with van der Waals surface area (Å²) in [7, 11) is 3.82. The molecule has 19 heavy (non-hydrogen) atoms. The second-order valence-electron chi connectivity index (χ2n) is 4.59. The minimum absolute atomic E-state index is 0.632. The second-order valence-corrected chi connectivity index (χ2v) is 5.85. The number of ether oxygens (including phenoxy) is 1. The average Bonchev–Trinajstić information content (AvgIpc) is 2.87. The SMILES string of the molecule is COc1ccc(CN(C)Cc2ccc(CN)s2)cc1. The molecule has 1 aromatic heterocycles. The average molecular weight is 276 g/mol. The predicted molar refractivity (Wildman–Crippen MR) is 80.4 cm³/mol. The van der Waals surface area contributed by atoms with Crippen LogP contribution in [0.5, 0.6) is 5.75 Å². The molecule has 0 fully saturated rings. The van der Waals surface area contributed by atoms with Gasteiger partial charge < -0.3 is 10.5 Å². The Balaban J connectivity index is 1.90. The number of nitrogens with zero attached hydrogens (tertiary/aromatic N) is 1. The van der Waals surface area contributed by atoms with Crippen LogP contribution < -0.4 is 10.5 Å². The molecule has 0 saturated carbocycles. The molecule has 1 heterocycles. The van der Waals surface area contributed by atoms with Gasteiger partial charge in [0.15, 0.2) is 0 Å². The molecule has 0 aliphatic heterocycles. The number of nitrogens with two attached hydrogens (primary N) is 1. The zero-order chi connectivity index (χ0) is 13.7. The number of benzene rings is 1. The zero-order valence-corrected chi connectivity index (χ0v) is 12.2. The van der Waals surface area contributed by atoms with E-state index < -0.39 is 0 Å². The summed E-state index contributed by atoms with van der Waals surface area (Å²) in [6.45, 7) is 2.52. The quantitative estimate of drug-likeness (QED) is 0.881. The van der Waals surface area contributed by atoms with E-state index in [0.29, 0.717) is 6.54 Å². The number of hydrogen-bond acceptors (Lipinski definition) is 4. The molecule has 0 bridgehead atoms. The summed E-state index contributed by atoms with van der Waals surface area (Å²) in [6.07, 6.45) is 0. The molecule has 0 saturated heterocycles. The van der Waals surface area contributed by atoms with Gasteiger partial charge in [-0.05, 0) is 36.9 Å². The molecule has 2 N–H and O–H groups in total. The topological polar surface area (TPSA) is 38.5 Å². The minimum Gasteiger partial charge on any atom is -0.497 e. The summed E-state index contributed by atoms with van der Waals surface area (Å²) in [5.41, 5.74) is 6.92. The maximum Gasteiger partial charge on any atom is 0.118 e. The fourth-order valence-electron chi connectivity index (χ4n) is 1.98. The molecule has 0 amide bonds. The fraction of sp³-hybridized carbons (Fsp3) is 0.333. The lowest BCUT2D eigenvalue weighted by atomic mass is 10.2. The van der Waals surface area contributed by atoms with Crippen LogP contribution in [-0.2, 0) is 19.6 Å². The summed E-state index contributed by atoms with van der Waals surface area (Å²) in [4.78, 5) is 4.90. The van der Waals surface area contributed by atoms with E-state index in [1.54, 1.807) is 18.4 Å². The van der Waals surface area contributed by atoms with Crippen LogP contribution in [0.2, 0.25) is 0 Å². The third kappa shape index (κ3) is 4.06. The van der Waals surface area contributed by atoms with E-state index in [-0.39, 0.29) is 0 Å². The summed E-state index contributed by atoms with van der Waals surface area (Å²) >= 11 is 1.79. The van der Waals surface area contributed by atoms with Gasteiger partial charge in [0.25, 0.3) is 0 Å². The van der Waals surface area contributed by atoms with Gasteiger partial charge in [-0.15, -0.1) is 11.3 Å². The standard InChI is InChI=1S/C15H20N2OS/c1-17(11-15-8-7-14(9-16)19-15)10-12-3-5-13(18-2)6-4-12/h3-8H,9-11,16H2,1-2H3. The van der Waals surface area contributed by atoms with Crippen LogP contribution in [-0.4, -0.2) is 19.1 Å². The predicted octanol–water partition coefficient (Wildman–Crippen LogP) is 2.85. The van der Waals surface area contributed by atoms with Gasteiger partial charge in [0.1, 0.15) is 5.75 Å². The van der Waals surface area contributed by atoms with Crippen molar-refractivity contribution >= 4 is 11.3 Å². The highest BCUT2D eigenvalue weighted by molar-refractivity contribution is 7.11. The van der Waals surface area contributed by atoms with Crippen LogP contribution >= 0.6 is 11.3 Å². The van der Waals surface area contributed by atoms with Gasteiger partial charge in [-0.25, -0.2) is 0 Å². The molecule has 4 heteroatoms. The third-order valence-electron chi connectivity index (χ3n) is 2.96. The maximum absolute atomic E-state index is 5.63. The number of thiophene rings is 1. The first-order chi connectivity index (χ1) is 9.21. The van der Waals surface area contributed by atoms with Crippen molar-refractivity contribution in [3.05, 3.63) is 51.7 Å². The van der Waals surface area contributed by atoms with Crippen LogP contribution in [0.4, 0.5) is 0 Å². The molecule has 0 aliphatic rings. The molecular weight excluding hydrogens is 256 g/mol. The van der Waals surface area contributed by atoms with Crippen LogP contribution in [0.1, 0.15) is 15.3 Å². The van der Waals surface area contributed by atoms with Crippen LogP contribution in [0.25, 0.3) is 0 Å². The molecule has 0 unspecified atom stereocenters. The Morgan fingerprint density at radius 1 is 1.05 bits per heavy atom. The first-order valence-electron chi connectivity index (χ1n) is 6.30. The molecule has 0 atom stereocenters. The van der Waals surface area contributed by atoms with E-state index in [1.807, 2.05) is 12.1 Å². The molecule has 102 valence electrons. The monoisotopic (exact) mass is 276 g/mol. The molecule has 3 nitrogen and oxygen atoms in total. The van der Waals surface area contributed by atoms with Crippen molar-refractivity contribution in [3.63, 3.8) is 0 Å². The Morgan fingerprint density at radius 2 is 1.74 bits per heavy atom. The lowest BCUT2D eigenvalue weighted by Gasteiger charge is -2.15. The van der Waals surface area contributed by atoms with Crippen molar-refractivity contribution < 1.29 is 4.74 Å². The number of rotatable bonds is 6. The molecule has 0 radical (unpaired) electrons. The molecule has 0 spiro atoms. The van der Waals surface area contributed by atoms with Crippen LogP contribution in [0.3, 0.4) is 0 Å². The smallest absolute Gasteiger partial charge is 0.118 e. The highest BCUT2D eigenvalue weighted by Gasteiger charge is 2.04. The van der Waals surface area contributed by atoms with Crippen molar-refractivity contribution in [2.45, 2.75) is 19.6 Å². The Morgan fingerprint density at radius 3 is 2.32 bits per heavy atom. The molecule has 1 aromatic carbocycles. The highest BCUT2D eigenvalue weighted by atomic mass is 32.1. The first-order valence-corrected chi connectivity index (χ1v) is 7.12. The van der Waals surface area contributed by atoms with Gasteiger partial charge in [-0.1, -0.05) is 12.1 Å². The molecule has 0 aliphatic carbocycles. The summed E-state index contributed by atoms with van der Waals surface area (Å²) in [6, 6.07) is 12.5. The largest absolute Gasteiger partial charge is 0.497 e. The summed E-state index contributed by atoms with van der Waals surface area (Å²) in [5, 5.41) is 0. The van der Waals surface area contributed by atoms with Crippen LogP contribution in [0, 0.1) is 0 Å². The highest BCUT2D eigenvalue weighted by Crippen LogP contribution is 2.19. The van der Waals surface area contributed by atoms with E-state index in [1.165, 1.54) is 15.3 Å². The lowest BCUT2D eigenvalue weighted by molar-refractivity contribution is 0.321. The third-order valence-corrected chi connectivity index (χ3v) is 4.05. The van der Waals surface area contributed by atoms with Gasteiger partial charge in [0.2, 0.25) is 0 Å². The summed E-state index contributed by atoms with van der Waals surface area (Å²) < 4.78 is 5.16. The van der Waals surface area contributed by atoms with Crippen LogP contribution in [0.15, 0.2) is 36.4 Å². The second kappa shape index (κ2) is 6.70. The number of methoxy groups -OCH3 is 1. The fourth-order valence-corrected chi connectivity index (χ4v) is 2.96. The van der Waals surface area contributed by atoms with Crippen molar-refractivity contribution in [2.75, 3.05) is 14.2 Å². The maximum atomic E-state index is 5.63. The van der Waals surface area contributed by atoms with Gasteiger partial charge >= 0.3 is 0 Å². The van der Waals surface area contributed by atoms with E-state index in [9.17, 15) is 0 Å². The molecule has 2 aromatic rings. The summed E-state index contributed by atoms with van der Waals surface area (Å²) in [5.74, 6) is 0.900. The zero-order valence-electron chi connectivity index (χ0n) is 11.4. The Bertz CT molecular complexity index is 507. The van der Waals surface area contributed by atoms with Crippen molar-refractivity contribution in [2.24, 2.45) is 5.73 Å². The minimum atomic E-state index is 0.632. The van der Waals surface area contributed by atoms with E-state index in [4.69, 9.17) is 10.5 Å². The molecular formula is C15H20N2OS. The van der Waals surface area contributed by atoms with Gasteiger partial charge in [-0.2, -0.15) is 0 Å². The number of hydrogen-bond donors (Lipinski definition) is 1. The lowest BCUT2D eigenvalue weighted by Crippen LogP contribution is -2.16. The Labute approximate surface area is 118 Å². The van der Waals surface area contributed by atoms with E-state index >= 15 is 0 Å².